The van der Waals surface area contributed by atoms with Crippen LogP contribution in [0.15, 0.2) is 34.7 Å². The van der Waals surface area contributed by atoms with E-state index in [1.807, 2.05) is 30.3 Å². The third kappa shape index (κ3) is 3.29. The van der Waals surface area contributed by atoms with Crippen LogP contribution in [0, 0.1) is 0 Å². The van der Waals surface area contributed by atoms with Crippen LogP contribution in [0.3, 0.4) is 0 Å². The number of nitrogens with zero attached hydrogens (tertiary/aromatic N) is 3. The number of aromatic nitrogens is 2. The highest BCUT2D eigenvalue weighted by Crippen LogP contribution is 2.19. The molecule has 2 unspecified atom stereocenters. The number of rotatable bonds is 4. The lowest BCUT2D eigenvalue weighted by molar-refractivity contribution is -0.0823. The van der Waals surface area contributed by atoms with Gasteiger partial charge in [-0.05, 0) is 19.1 Å². The van der Waals surface area contributed by atoms with Gasteiger partial charge in [-0.1, -0.05) is 18.2 Å². The highest BCUT2D eigenvalue weighted by Gasteiger charge is 2.27. The van der Waals surface area contributed by atoms with E-state index < -0.39 is 0 Å². The summed E-state index contributed by atoms with van der Waals surface area (Å²) in [5.74, 6) is 1.12. The molecule has 112 valence electrons. The highest BCUT2D eigenvalue weighted by molar-refractivity contribution is 5.51. The molecule has 0 saturated carbocycles. The van der Waals surface area contributed by atoms with E-state index in [-0.39, 0.29) is 18.8 Å². The molecule has 2 aromatic rings. The van der Waals surface area contributed by atoms with E-state index in [0.717, 1.165) is 5.56 Å². The lowest BCUT2D eigenvalue weighted by Gasteiger charge is -2.36. The molecule has 21 heavy (non-hydrogen) atoms. The van der Waals surface area contributed by atoms with Gasteiger partial charge in [0, 0.05) is 18.2 Å². The van der Waals surface area contributed by atoms with Crippen LogP contribution < -0.4 is 0 Å². The van der Waals surface area contributed by atoms with Gasteiger partial charge in [-0.2, -0.15) is 0 Å². The van der Waals surface area contributed by atoms with Crippen molar-refractivity contribution in [2.24, 2.45) is 0 Å². The number of morpholine rings is 1. The van der Waals surface area contributed by atoms with E-state index in [0.29, 0.717) is 31.5 Å². The van der Waals surface area contributed by atoms with Gasteiger partial charge < -0.3 is 14.3 Å². The summed E-state index contributed by atoms with van der Waals surface area (Å²) in [6, 6.07) is 9.97. The molecule has 6 nitrogen and oxygen atoms in total. The van der Waals surface area contributed by atoms with Gasteiger partial charge >= 0.3 is 0 Å². The molecule has 0 bridgehead atoms. The summed E-state index contributed by atoms with van der Waals surface area (Å²) in [6.45, 7) is 3.96. The van der Waals surface area contributed by atoms with Crippen molar-refractivity contribution in [1.29, 1.82) is 0 Å². The zero-order valence-electron chi connectivity index (χ0n) is 12.0. The van der Waals surface area contributed by atoms with Crippen LogP contribution in [0.4, 0.5) is 0 Å². The Balaban J connectivity index is 1.69. The summed E-state index contributed by atoms with van der Waals surface area (Å²) in [6.07, 6.45) is -0.141. The van der Waals surface area contributed by atoms with E-state index in [9.17, 15) is 5.11 Å². The minimum absolute atomic E-state index is 0.0301. The third-order valence-corrected chi connectivity index (χ3v) is 3.66. The summed E-state index contributed by atoms with van der Waals surface area (Å²) in [7, 11) is 0. The Labute approximate surface area is 123 Å². The average Bonchev–Trinajstić information content (AvgIpc) is 2.99. The Hall–Kier alpha value is -1.76. The van der Waals surface area contributed by atoms with Gasteiger partial charge in [-0.3, -0.25) is 4.90 Å². The normalized spacial score (nSPS) is 23.3. The zero-order chi connectivity index (χ0) is 14.7. The lowest BCUT2D eigenvalue weighted by atomic mass is 10.2. The summed E-state index contributed by atoms with van der Waals surface area (Å²) >= 11 is 0. The van der Waals surface area contributed by atoms with Crippen LogP contribution in [-0.2, 0) is 11.3 Å². The van der Waals surface area contributed by atoms with E-state index in [1.165, 1.54) is 0 Å². The molecule has 3 rings (SSSR count). The standard InChI is InChI=1S/C15H19N3O3/c1-11-10-20-13(9-19)7-18(11)8-14-16-17-15(21-14)12-5-3-2-4-6-12/h2-6,11,13,19H,7-10H2,1H3. The summed E-state index contributed by atoms with van der Waals surface area (Å²) in [5, 5.41) is 17.4. The molecule has 0 amide bonds. The maximum Gasteiger partial charge on any atom is 0.247 e. The van der Waals surface area contributed by atoms with Crippen LogP contribution in [0.1, 0.15) is 12.8 Å². The number of ether oxygens (including phenoxy) is 1. The Morgan fingerprint density at radius 2 is 2.10 bits per heavy atom. The largest absolute Gasteiger partial charge is 0.419 e. The SMILES string of the molecule is CC1COC(CO)CN1Cc1nnc(-c2ccccc2)o1. The van der Waals surface area contributed by atoms with Gasteiger partial charge in [0.25, 0.3) is 0 Å². The van der Waals surface area contributed by atoms with Gasteiger partial charge in [-0.15, -0.1) is 10.2 Å². The molecule has 0 radical (unpaired) electrons. The van der Waals surface area contributed by atoms with Crippen molar-refractivity contribution in [3.63, 3.8) is 0 Å². The minimum atomic E-state index is -0.141. The molecule has 1 fully saturated rings. The third-order valence-electron chi connectivity index (χ3n) is 3.66. The van der Waals surface area contributed by atoms with Crippen LogP contribution in [0.25, 0.3) is 11.5 Å². The number of hydrogen-bond acceptors (Lipinski definition) is 6. The highest BCUT2D eigenvalue weighted by atomic mass is 16.5. The Morgan fingerprint density at radius 3 is 2.86 bits per heavy atom. The molecule has 2 atom stereocenters. The molecule has 0 aliphatic carbocycles. The molecular formula is C15H19N3O3. The van der Waals surface area contributed by atoms with Crippen molar-refractivity contribution in [3.8, 4) is 11.5 Å². The lowest BCUT2D eigenvalue weighted by Crippen LogP contribution is -2.48. The van der Waals surface area contributed by atoms with Crippen LogP contribution >= 0.6 is 0 Å². The fourth-order valence-corrected chi connectivity index (χ4v) is 2.39. The van der Waals surface area contributed by atoms with Gasteiger partial charge in [0.1, 0.15) is 0 Å². The van der Waals surface area contributed by atoms with Crippen LogP contribution in [0.2, 0.25) is 0 Å². The van der Waals surface area contributed by atoms with Crippen molar-refractivity contribution < 1.29 is 14.3 Å². The molecule has 1 aliphatic rings. The van der Waals surface area contributed by atoms with E-state index in [1.54, 1.807) is 0 Å². The van der Waals surface area contributed by atoms with Crippen LogP contribution in [-0.4, -0.2) is 52.1 Å². The molecule has 2 heterocycles. The first kappa shape index (κ1) is 14.2. The van der Waals surface area contributed by atoms with Crippen molar-refractivity contribution in [2.75, 3.05) is 19.8 Å². The van der Waals surface area contributed by atoms with E-state index in [2.05, 4.69) is 22.0 Å². The first-order valence-corrected chi connectivity index (χ1v) is 7.10. The van der Waals surface area contributed by atoms with Crippen LogP contribution in [0.5, 0.6) is 0 Å². The zero-order valence-corrected chi connectivity index (χ0v) is 12.0. The summed E-state index contributed by atoms with van der Waals surface area (Å²) in [5.41, 5.74) is 0.916. The molecule has 1 aromatic carbocycles. The number of hydrogen-bond donors (Lipinski definition) is 1. The van der Waals surface area contributed by atoms with E-state index in [4.69, 9.17) is 9.15 Å². The summed E-state index contributed by atoms with van der Waals surface area (Å²) < 4.78 is 11.2. The number of benzene rings is 1. The Kier molecular flexibility index (Phi) is 4.28. The predicted octanol–water partition coefficient (Wildman–Crippen LogP) is 1.32. The molecule has 1 saturated heterocycles. The van der Waals surface area contributed by atoms with E-state index >= 15 is 0 Å². The summed E-state index contributed by atoms with van der Waals surface area (Å²) in [4.78, 5) is 2.19. The molecule has 1 aliphatic heterocycles. The fourth-order valence-electron chi connectivity index (χ4n) is 2.39. The maximum atomic E-state index is 9.21. The molecule has 6 heteroatoms. The van der Waals surface area contributed by atoms with Crippen molar-refractivity contribution in [2.45, 2.75) is 25.6 Å². The second-order valence-corrected chi connectivity index (χ2v) is 5.28. The number of aliphatic hydroxyl groups is 1. The maximum absolute atomic E-state index is 9.21. The van der Waals surface area contributed by atoms with Crippen molar-refractivity contribution in [1.82, 2.24) is 15.1 Å². The molecular weight excluding hydrogens is 270 g/mol. The monoisotopic (exact) mass is 289 g/mol. The average molecular weight is 289 g/mol. The predicted molar refractivity (Wildman–Crippen MR) is 76.4 cm³/mol. The topological polar surface area (TPSA) is 71.6 Å². The molecule has 1 N–H and O–H groups in total. The van der Waals surface area contributed by atoms with Gasteiger partial charge in [-0.25, -0.2) is 0 Å². The fraction of sp³-hybridized carbons (Fsp3) is 0.467. The second kappa shape index (κ2) is 6.34. The molecule has 0 spiro atoms. The van der Waals surface area contributed by atoms with Crippen molar-refractivity contribution >= 4 is 0 Å². The smallest absolute Gasteiger partial charge is 0.247 e. The van der Waals surface area contributed by atoms with Gasteiger partial charge in [0.15, 0.2) is 0 Å². The quantitative estimate of drug-likeness (QED) is 0.915. The van der Waals surface area contributed by atoms with Gasteiger partial charge in [0.05, 0.1) is 25.9 Å². The number of aliphatic hydroxyl groups excluding tert-OH is 1. The minimum Gasteiger partial charge on any atom is -0.419 e. The Bertz CT molecular complexity index is 573. The first-order valence-electron chi connectivity index (χ1n) is 7.10. The van der Waals surface area contributed by atoms with Crippen molar-refractivity contribution in [3.05, 3.63) is 36.2 Å². The molecule has 1 aromatic heterocycles. The van der Waals surface area contributed by atoms with Gasteiger partial charge in [0.2, 0.25) is 11.8 Å². The first-order chi connectivity index (χ1) is 10.3. The second-order valence-electron chi connectivity index (χ2n) is 5.28. The Morgan fingerprint density at radius 1 is 1.29 bits per heavy atom.